The van der Waals surface area contributed by atoms with Gasteiger partial charge in [-0.05, 0) is 135 Å². The smallest absolute Gasteiger partial charge is 0.306 e. The van der Waals surface area contributed by atoms with Crippen LogP contribution < -0.4 is 0 Å². The maximum atomic E-state index is 12.9. The Balaban J connectivity index is 4.29. The van der Waals surface area contributed by atoms with Crippen LogP contribution in [0.3, 0.4) is 0 Å². The molecule has 0 aromatic heterocycles. The van der Waals surface area contributed by atoms with E-state index in [4.69, 9.17) is 14.2 Å². The summed E-state index contributed by atoms with van der Waals surface area (Å²) in [6, 6.07) is 0. The third-order valence-electron chi connectivity index (χ3n) is 14.9. The zero-order chi connectivity index (χ0) is 59.9. The van der Waals surface area contributed by atoms with Gasteiger partial charge in [0.1, 0.15) is 13.2 Å². The first-order valence-corrected chi connectivity index (χ1v) is 35.0. The van der Waals surface area contributed by atoms with Crippen LogP contribution in [0.25, 0.3) is 0 Å². The molecule has 0 aromatic rings. The number of hydrogen-bond acceptors (Lipinski definition) is 6. The van der Waals surface area contributed by atoms with Crippen molar-refractivity contribution in [2.24, 2.45) is 0 Å². The number of carbonyl (C=O) groups is 3. The molecule has 83 heavy (non-hydrogen) atoms. The quantitative estimate of drug-likeness (QED) is 0.0261. The van der Waals surface area contributed by atoms with E-state index in [1.54, 1.807) is 0 Å². The van der Waals surface area contributed by atoms with Crippen molar-refractivity contribution in [1.29, 1.82) is 0 Å². The molecule has 474 valence electrons. The summed E-state index contributed by atoms with van der Waals surface area (Å²) >= 11 is 0. The van der Waals surface area contributed by atoms with Crippen LogP contribution in [0.2, 0.25) is 0 Å². The predicted octanol–water partition coefficient (Wildman–Crippen LogP) is 24.3. The second kappa shape index (κ2) is 70.3. The van der Waals surface area contributed by atoms with Crippen LogP contribution in [0.1, 0.15) is 329 Å². The maximum Gasteiger partial charge on any atom is 0.306 e. The van der Waals surface area contributed by atoms with Gasteiger partial charge in [-0.3, -0.25) is 14.4 Å². The minimum absolute atomic E-state index is 0.0881. The fourth-order valence-electron chi connectivity index (χ4n) is 9.68. The second-order valence-corrected chi connectivity index (χ2v) is 23.1. The Bertz CT molecular complexity index is 1700. The molecule has 1 unspecified atom stereocenters. The summed E-state index contributed by atoms with van der Waals surface area (Å²) in [5.74, 6) is -0.905. The van der Waals surface area contributed by atoms with E-state index in [1.165, 1.54) is 148 Å². The Morgan fingerprint density at radius 1 is 0.253 bits per heavy atom. The highest BCUT2D eigenvalue weighted by atomic mass is 16.6. The Hall–Kier alpha value is -4.19. The Morgan fingerprint density at radius 2 is 0.470 bits per heavy atom. The van der Waals surface area contributed by atoms with E-state index in [1.807, 2.05) is 0 Å². The minimum Gasteiger partial charge on any atom is -0.462 e. The number of carbonyl (C=O) groups excluding carboxylic acids is 3. The molecule has 0 aliphatic rings. The number of rotatable bonds is 63. The van der Waals surface area contributed by atoms with Gasteiger partial charge in [0.2, 0.25) is 0 Å². The lowest BCUT2D eigenvalue weighted by Crippen LogP contribution is -2.30. The summed E-state index contributed by atoms with van der Waals surface area (Å²) < 4.78 is 17.0. The molecule has 0 rings (SSSR count). The summed E-state index contributed by atoms with van der Waals surface area (Å²) in [7, 11) is 0. The van der Waals surface area contributed by atoms with Crippen molar-refractivity contribution in [3.63, 3.8) is 0 Å². The van der Waals surface area contributed by atoms with Gasteiger partial charge in [0.25, 0.3) is 0 Å². The fraction of sp³-hybridized carbons (Fsp3) is 0.701. The van der Waals surface area contributed by atoms with Crippen LogP contribution >= 0.6 is 0 Å². The lowest BCUT2D eigenvalue weighted by molar-refractivity contribution is -0.167. The van der Waals surface area contributed by atoms with Crippen molar-refractivity contribution in [3.8, 4) is 0 Å². The summed E-state index contributed by atoms with van der Waals surface area (Å²) in [4.78, 5) is 38.4. The molecule has 0 spiro atoms. The molecule has 0 heterocycles. The van der Waals surface area contributed by atoms with E-state index in [0.717, 1.165) is 141 Å². The van der Waals surface area contributed by atoms with Crippen LogP contribution in [0.15, 0.2) is 122 Å². The van der Waals surface area contributed by atoms with E-state index in [2.05, 4.69) is 142 Å². The standard InChI is InChI=1S/C77H130O6/c1-4-7-10-13-16-19-22-25-28-30-32-33-34-35-36-37-38-39-40-41-42-43-45-46-49-52-55-58-61-64-67-70-76(79)82-73-74(72-81-75(78)69-66-63-60-57-54-51-48-27-24-21-18-15-12-9-6-3)83-77(80)71-68-65-62-59-56-53-50-47-44-31-29-26-23-20-17-14-11-8-5-2/h7,10,16-21,25-29,32-33,35-36,44,47-48,74H,4-6,8-9,11-15,22-24,30-31,34,37-43,45-46,49-73H2,1-3H3/b10-7-,19-16-,20-17-,21-18-,28-25-,29-26-,33-32-,36-35-,47-44-,48-27-. The number of esters is 3. The van der Waals surface area contributed by atoms with Gasteiger partial charge in [0.05, 0.1) is 0 Å². The van der Waals surface area contributed by atoms with Crippen molar-refractivity contribution in [3.05, 3.63) is 122 Å². The molecule has 6 heteroatoms. The summed E-state index contributed by atoms with van der Waals surface area (Å²) in [6.07, 6.45) is 97.9. The number of allylic oxidation sites excluding steroid dienone is 20. The molecule has 0 fully saturated rings. The van der Waals surface area contributed by atoms with Crippen molar-refractivity contribution < 1.29 is 28.6 Å². The van der Waals surface area contributed by atoms with E-state index >= 15 is 0 Å². The summed E-state index contributed by atoms with van der Waals surface area (Å²) in [5, 5.41) is 0. The molecule has 0 N–H and O–H groups in total. The molecule has 0 aromatic carbocycles. The highest BCUT2D eigenvalue weighted by Crippen LogP contribution is 2.16. The first-order valence-electron chi connectivity index (χ1n) is 35.0. The number of hydrogen-bond donors (Lipinski definition) is 0. The molecular weight excluding hydrogens is 1020 g/mol. The third-order valence-corrected chi connectivity index (χ3v) is 14.9. The van der Waals surface area contributed by atoms with E-state index < -0.39 is 6.10 Å². The Morgan fingerprint density at radius 3 is 0.735 bits per heavy atom. The normalized spacial score (nSPS) is 12.9. The fourth-order valence-corrected chi connectivity index (χ4v) is 9.68. The lowest BCUT2D eigenvalue weighted by Gasteiger charge is -2.18. The van der Waals surface area contributed by atoms with Crippen molar-refractivity contribution in [2.75, 3.05) is 13.2 Å². The van der Waals surface area contributed by atoms with Gasteiger partial charge in [0.15, 0.2) is 6.10 Å². The second-order valence-electron chi connectivity index (χ2n) is 23.1. The van der Waals surface area contributed by atoms with E-state index in [9.17, 15) is 14.4 Å². The molecule has 0 saturated heterocycles. The van der Waals surface area contributed by atoms with Gasteiger partial charge in [0, 0.05) is 19.3 Å². The zero-order valence-corrected chi connectivity index (χ0v) is 54.4. The third kappa shape index (κ3) is 68.5. The van der Waals surface area contributed by atoms with Crippen molar-refractivity contribution in [1.82, 2.24) is 0 Å². The number of unbranched alkanes of at least 4 members (excludes halogenated alkanes) is 32. The van der Waals surface area contributed by atoms with Crippen LogP contribution in [-0.2, 0) is 28.6 Å². The van der Waals surface area contributed by atoms with Gasteiger partial charge in [-0.1, -0.05) is 296 Å². The Kier molecular flexibility index (Phi) is 66.7. The zero-order valence-electron chi connectivity index (χ0n) is 54.4. The molecule has 6 nitrogen and oxygen atoms in total. The van der Waals surface area contributed by atoms with Crippen LogP contribution in [0.5, 0.6) is 0 Å². The molecule has 0 amide bonds. The summed E-state index contributed by atoms with van der Waals surface area (Å²) in [6.45, 7) is 6.48. The predicted molar refractivity (Wildman–Crippen MR) is 362 cm³/mol. The molecule has 0 saturated carbocycles. The molecule has 0 aliphatic carbocycles. The number of ether oxygens (including phenoxy) is 3. The van der Waals surface area contributed by atoms with Gasteiger partial charge in [-0.25, -0.2) is 0 Å². The van der Waals surface area contributed by atoms with E-state index in [0.29, 0.717) is 19.3 Å². The highest BCUT2D eigenvalue weighted by molar-refractivity contribution is 5.71. The lowest BCUT2D eigenvalue weighted by atomic mass is 10.0. The van der Waals surface area contributed by atoms with Crippen LogP contribution in [0.4, 0.5) is 0 Å². The minimum atomic E-state index is -0.795. The molecule has 0 aliphatic heterocycles. The first-order chi connectivity index (χ1) is 41.0. The van der Waals surface area contributed by atoms with Gasteiger partial charge in [-0.2, -0.15) is 0 Å². The van der Waals surface area contributed by atoms with Crippen LogP contribution in [0, 0.1) is 0 Å². The average Bonchev–Trinajstić information content (AvgIpc) is 3.49. The first kappa shape index (κ1) is 78.8. The average molecular weight is 1150 g/mol. The van der Waals surface area contributed by atoms with Gasteiger partial charge in [-0.15, -0.1) is 0 Å². The molecular formula is C77H130O6. The SMILES string of the molecule is CC/C=C\C/C=C\C/C=C\C/C=C\C/C=C\CCCCCCCCCCCCCCCCCC(=O)OCC(COC(=O)CCCCCCC/C=C\C/C=C\CCCCC)OC(=O)CCCCCCCC/C=C\C/C=C\C/C=C\CCCCC. The largest absolute Gasteiger partial charge is 0.462 e. The van der Waals surface area contributed by atoms with Crippen LogP contribution in [-0.4, -0.2) is 37.2 Å². The Labute approximate surface area is 513 Å². The van der Waals surface area contributed by atoms with Gasteiger partial charge >= 0.3 is 17.9 Å². The summed E-state index contributed by atoms with van der Waals surface area (Å²) in [5.41, 5.74) is 0. The van der Waals surface area contributed by atoms with E-state index in [-0.39, 0.29) is 31.1 Å². The topological polar surface area (TPSA) is 78.9 Å². The molecule has 0 bridgehead atoms. The maximum absolute atomic E-state index is 12.9. The van der Waals surface area contributed by atoms with Crippen molar-refractivity contribution in [2.45, 2.75) is 335 Å². The highest BCUT2D eigenvalue weighted by Gasteiger charge is 2.19. The molecule has 1 atom stereocenters. The monoisotopic (exact) mass is 1150 g/mol. The molecule has 0 radical (unpaired) electrons. The van der Waals surface area contributed by atoms with Gasteiger partial charge < -0.3 is 14.2 Å². The van der Waals surface area contributed by atoms with Crippen molar-refractivity contribution >= 4 is 17.9 Å².